The summed E-state index contributed by atoms with van der Waals surface area (Å²) in [4.78, 5) is 25.4. The van der Waals surface area contributed by atoms with Crippen molar-refractivity contribution in [3.63, 3.8) is 0 Å². The van der Waals surface area contributed by atoms with Gasteiger partial charge in [-0.2, -0.15) is 0 Å². The number of rotatable bonds is 2. The van der Waals surface area contributed by atoms with Gasteiger partial charge in [0.25, 0.3) is 11.7 Å². The van der Waals surface area contributed by atoms with E-state index in [0.29, 0.717) is 0 Å². The monoisotopic (exact) mass is 329 g/mol. The van der Waals surface area contributed by atoms with Crippen LogP contribution < -0.4 is 0 Å². The lowest BCUT2D eigenvalue weighted by molar-refractivity contribution is -0.139. The van der Waals surface area contributed by atoms with Crippen LogP contribution in [0.4, 0.5) is 8.78 Å². The molecule has 3 rings (SSSR count). The Morgan fingerprint density at radius 2 is 1.67 bits per heavy atom. The second kappa shape index (κ2) is 5.88. The quantitative estimate of drug-likeness (QED) is 0.523. The van der Waals surface area contributed by atoms with Crippen LogP contribution in [0.1, 0.15) is 17.2 Å². The standard InChI is InChI=1S/C18H13F2NO3/c1-21-15(12-4-2-3-5-13(12)20)14(17(23)18(21)24)16(22)10-6-8-11(19)9-7-10/h2-9,15,22H,1H3/b16-14+. The first-order valence-electron chi connectivity index (χ1n) is 7.16. The van der Waals surface area contributed by atoms with Crippen molar-refractivity contribution in [2.24, 2.45) is 0 Å². The van der Waals surface area contributed by atoms with E-state index in [2.05, 4.69) is 0 Å². The number of nitrogens with zero attached hydrogens (tertiary/aromatic N) is 1. The molecule has 1 N–H and O–H groups in total. The Hall–Kier alpha value is -3.02. The number of aliphatic hydroxyl groups is 1. The maximum Gasteiger partial charge on any atom is 0.295 e. The number of halogens is 2. The fourth-order valence-electron chi connectivity index (χ4n) is 2.77. The maximum absolute atomic E-state index is 14.2. The van der Waals surface area contributed by atoms with Gasteiger partial charge in [0.15, 0.2) is 0 Å². The first kappa shape index (κ1) is 15.9. The van der Waals surface area contributed by atoms with Crippen molar-refractivity contribution in [3.8, 4) is 0 Å². The van der Waals surface area contributed by atoms with Gasteiger partial charge in [0, 0.05) is 18.2 Å². The number of carbonyl (C=O) groups excluding carboxylic acids is 2. The van der Waals surface area contributed by atoms with Crippen molar-refractivity contribution in [1.82, 2.24) is 4.90 Å². The van der Waals surface area contributed by atoms with Crippen molar-refractivity contribution in [1.29, 1.82) is 0 Å². The number of amides is 1. The smallest absolute Gasteiger partial charge is 0.295 e. The maximum atomic E-state index is 14.2. The largest absolute Gasteiger partial charge is 0.507 e. The van der Waals surface area contributed by atoms with E-state index in [0.717, 1.165) is 17.0 Å². The van der Waals surface area contributed by atoms with Gasteiger partial charge >= 0.3 is 0 Å². The highest BCUT2D eigenvalue weighted by molar-refractivity contribution is 6.46. The Labute approximate surface area is 136 Å². The summed E-state index contributed by atoms with van der Waals surface area (Å²) < 4.78 is 27.2. The van der Waals surface area contributed by atoms with Crippen molar-refractivity contribution < 1.29 is 23.5 Å². The van der Waals surface area contributed by atoms with Crippen molar-refractivity contribution in [2.45, 2.75) is 6.04 Å². The second-order valence-electron chi connectivity index (χ2n) is 5.44. The molecule has 0 saturated carbocycles. The highest BCUT2D eigenvalue weighted by Crippen LogP contribution is 2.39. The van der Waals surface area contributed by atoms with Crippen LogP contribution in [0.25, 0.3) is 5.76 Å². The molecule has 4 nitrogen and oxygen atoms in total. The molecule has 0 aromatic heterocycles. The Balaban J connectivity index is 2.20. The lowest BCUT2D eigenvalue weighted by Crippen LogP contribution is -2.25. The van der Waals surface area contributed by atoms with Gasteiger partial charge in [-0.25, -0.2) is 8.78 Å². The van der Waals surface area contributed by atoms with Crippen LogP contribution in [-0.4, -0.2) is 28.7 Å². The molecule has 0 bridgehead atoms. The Bertz CT molecular complexity index is 859. The van der Waals surface area contributed by atoms with Gasteiger partial charge in [-0.1, -0.05) is 18.2 Å². The van der Waals surface area contributed by atoms with Crippen molar-refractivity contribution in [3.05, 3.63) is 76.9 Å². The number of likely N-dealkylation sites (tertiary alicyclic amines) is 1. The minimum absolute atomic E-state index is 0.0999. The zero-order valence-corrected chi connectivity index (χ0v) is 12.7. The molecule has 1 fully saturated rings. The molecule has 2 aromatic carbocycles. The number of likely N-dealkylation sites (N-methyl/N-ethyl adjacent to an activating group) is 1. The first-order chi connectivity index (χ1) is 11.4. The molecule has 122 valence electrons. The number of hydrogen-bond acceptors (Lipinski definition) is 3. The summed E-state index contributed by atoms with van der Waals surface area (Å²) >= 11 is 0. The molecule has 1 heterocycles. The molecular weight excluding hydrogens is 316 g/mol. The van der Waals surface area contributed by atoms with E-state index in [4.69, 9.17) is 0 Å². The Morgan fingerprint density at radius 3 is 2.29 bits per heavy atom. The summed E-state index contributed by atoms with van der Waals surface area (Å²) in [7, 11) is 1.36. The van der Waals surface area contributed by atoms with Crippen LogP contribution in [0, 0.1) is 11.6 Å². The van der Waals surface area contributed by atoms with Gasteiger partial charge in [0.1, 0.15) is 17.4 Å². The first-order valence-corrected chi connectivity index (χ1v) is 7.16. The van der Waals surface area contributed by atoms with E-state index in [1.165, 1.54) is 37.4 Å². The van der Waals surface area contributed by atoms with Crippen LogP contribution in [0.3, 0.4) is 0 Å². The van der Waals surface area contributed by atoms with Gasteiger partial charge in [0.05, 0.1) is 11.6 Å². The van der Waals surface area contributed by atoms with Crippen molar-refractivity contribution >= 4 is 17.4 Å². The summed E-state index contributed by atoms with van der Waals surface area (Å²) in [6.45, 7) is 0. The zero-order valence-electron chi connectivity index (χ0n) is 12.7. The number of hydrogen-bond donors (Lipinski definition) is 1. The van der Waals surface area contributed by atoms with Crippen LogP contribution in [0.15, 0.2) is 54.1 Å². The Morgan fingerprint density at radius 1 is 1.04 bits per heavy atom. The molecule has 0 spiro atoms. The molecule has 1 unspecified atom stereocenters. The minimum Gasteiger partial charge on any atom is -0.507 e. The third kappa shape index (κ3) is 2.46. The number of carbonyl (C=O) groups is 2. The molecule has 1 amide bonds. The fraction of sp³-hybridized carbons (Fsp3) is 0.111. The van der Waals surface area contributed by atoms with Gasteiger partial charge in [-0.05, 0) is 30.3 Å². The highest BCUT2D eigenvalue weighted by atomic mass is 19.1. The number of ketones is 1. The molecule has 24 heavy (non-hydrogen) atoms. The van der Waals surface area contributed by atoms with Crippen molar-refractivity contribution in [2.75, 3.05) is 7.05 Å². The van der Waals surface area contributed by atoms with E-state index < -0.39 is 35.1 Å². The number of Topliss-reactive ketones (excluding diaryl/α,β-unsaturated/α-hetero) is 1. The van der Waals surface area contributed by atoms with Gasteiger partial charge in [0.2, 0.25) is 0 Å². The van der Waals surface area contributed by atoms with E-state index in [9.17, 15) is 23.5 Å². The molecule has 6 heteroatoms. The predicted octanol–water partition coefficient (Wildman–Crippen LogP) is 3.02. The molecule has 1 atom stereocenters. The molecule has 1 aliphatic heterocycles. The van der Waals surface area contributed by atoms with Gasteiger partial charge in [-0.3, -0.25) is 9.59 Å². The molecule has 2 aromatic rings. The van der Waals surface area contributed by atoms with Crippen LogP contribution in [0.2, 0.25) is 0 Å². The van der Waals surface area contributed by atoms with Crippen LogP contribution in [-0.2, 0) is 9.59 Å². The van der Waals surface area contributed by atoms with Gasteiger partial charge in [-0.15, -0.1) is 0 Å². The lowest BCUT2D eigenvalue weighted by atomic mass is 9.95. The summed E-state index contributed by atoms with van der Waals surface area (Å²) in [6.07, 6.45) is 0. The molecule has 0 radical (unpaired) electrons. The summed E-state index contributed by atoms with van der Waals surface area (Å²) in [5.41, 5.74) is 0.0475. The number of benzene rings is 2. The summed E-state index contributed by atoms with van der Waals surface area (Å²) in [5.74, 6) is -3.32. The van der Waals surface area contributed by atoms with Gasteiger partial charge < -0.3 is 10.0 Å². The third-order valence-electron chi connectivity index (χ3n) is 3.99. The molecule has 1 aliphatic rings. The van der Waals surface area contributed by atoms with Crippen LogP contribution >= 0.6 is 0 Å². The average Bonchev–Trinajstić information content (AvgIpc) is 2.79. The van der Waals surface area contributed by atoms with E-state index in [-0.39, 0.29) is 16.7 Å². The van der Waals surface area contributed by atoms with E-state index in [1.807, 2.05) is 0 Å². The SMILES string of the molecule is CN1C(=O)C(=O)/C(=C(/O)c2ccc(F)cc2)C1c1ccccc1F. The second-order valence-corrected chi connectivity index (χ2v) is 5.44. The number of aliphatic hydroxyl groups excluding tert-OH is 1. The van der Waals surface area contributed by atoms with Crippen LogP contribution in [0.5, 0.6) is 0 Å². The molecular formula is C18H13F2NO3. The fourth-order valence-corrected chi connectivity index (χ4v) is 2.77. The normalized spacial score (nSPS) is 19.8. The third-order valence-corrected chi connectivity index (χ3v) is 3.99. The van der Waals surface area contributed by atoms with E-state index in [1.54, 1.807) is 6.07 Å². The minimum atomic E-state index is -1.05. The lowest BCUT2D eigenvalue weighted by Gasteiger charge is -2.21. The summed E-state index contributed by atoms with van der Waals surface area (Å²) in [5, 5.41) is 10.5. The predicted molar refractivity (Wildman–Crippen MR) is 82.9 cm³/mol. The topological polar surface area (TPSA) is 57.6 Å². The molecule has 0 aliphatic carbocycles. The Kier molecular flexibility index (Phi) is 3.89. The molecule has 1 saturated heterocycles. The average molecular weight is 329 g/mol. The summed E-state index contributed by atoms with van der Waals surface area (Å²) in [6, 6.07) is 9.48. The highest BCUT2D eigenvalue weighted by Gasteiger charge is 2.45. The zero-order chi connectivity index (χ0) is 17.4. The van der Waals surface area contributed by atoms with E-state index >= 15 is 0 Å².